The molecule has 108 valence electrons. The molecule has 0 aliphatic carbocycles. The van der Waals surface area contributed by atoms with Crippen LogP contribution < -0.4 is 0 Å². The number of aromatic nitrogens is 3. The van der Waals surface area contributed by atoms with Crippen LogP contribution in [0.3, 0.4) is 0 Å². The summed E-state index contributed by atoms with van der Waals surface area (Å²) in [6.07, 6.45) is 1.61. The zero-order chi connectivity index (χ0) is 14.8. The lowest BCUT2D eigenvalue weighted by Gasteiger charge is -2.06. The Labute approximate surface area is 126 Å². The Balaban J connectivity index is 2.08. The van der Waals surface area contributed by atoms with Crippen LogP contribution in [0.5, 0.6) is 0 Å². The molecule has 0 saturated heterocycles. The highest BCUT2D eigenvalue weighted by Crippen LogP contribution is 2.33. The summed E-state index contributed by atoms with van der Waals surface area (Å²) in [5.41, 5.74) is 3.35. The van der Waals surface area contributed by atoms with Crippen LogP contribution in [0.4, 0.5) is 0 Å². The van der Waals surface area contributed by atoms with Crippen molar-refractivity contribution in [3.05, 3.63) is 53.5 Å². The van der Waals surface area contributed by atoms with Gasteiger partial charge in [0.1, 0.15) is 11.3 Å². The van der Waals surface area contributed by atoms with E-state index in [9.17, 15) is 5.11 Å². The third kappa shape index (κ3) is 2.72. The number of nitrogens with zero attached hydrogens (tertiary/aromatic N) is 3. The van der Waals surface area contributed by atoms with Crippen molar-refractivity contribution in [3.8, 4) is 5.69 Å². The SMILES string of the molecule is Cc1coc(Sc2c(CO)c(C)nn2-c2ccccc2)n1. The maximum absolute atomic E-state index is 9.63. The molecule has 1 aromatic carbocycles. The first-order valence-corrected chi connectivity index (χ1v) is 7.35. The van der Waals surface area contributed by atoms with E-state index in [-0.39, 0.29) is 6.61 Å². The molecule has 0 bridgehead atoms. The molecule has 3 aromatic rings. The number of benzene rings is 1. The third-order valence-corrected chi connectivity index (χ3v) is 4.05. The first-order chi connectivity index (χ1) is 10.2. The van der Waals surface area contributed by atoms with E-state index in [1.807, 2.05) is 48.9 Å². The van der Waals surface area contributed by atoms with Crippen LogP contribution in [0, 0.1) is 13.8 Å². The number of para-hydroxylation sites is 1. The Bertz CT molecular complexity index is 750. The fourth-order valence-electron chi connectivity index (χ4n) is 2.03. The van der Waals surface area contributed by atoms with E-state index < -0.39 is 0 Å². The lowest BCUT2D eigenvalue weighted by Crippen LogP contribution is -1.98. The minimum Gasteiger partial charge on any atom is -0.439 e. The number of hydrogen-bond acceptors (Lipinski definition) is 5. The highest BCUT2D eigenvalue weighted by molar-refractivity contribution is 7.99. The van der Waals surface area contributed by atoms with Crippen LogP contribution in [-0.2, 0) is 6.61 Å². The molecule has 0 radical (unpaired) electrons. The molecule has 0 saturated carbocycles. The van der Waals surface area contributed by atoms with Crippen molar-refractivity contribution in [1.29, 1.82) is 0 Å². The van der Waals surface area contributed by atoms with Crippen LogP contribution in [0.2, 0.25) is 0 Å². The molecule has 2 heterocycles. The van der Waals surface area contributed by atoms with Crippen molar-refractivity contribution < 1.29 is 9.52 Å². The van der Waals surface area contributed by atoms with Gasteiger partial charge in [-0.3, -0.25) is 0 Å². The summed E-state index contributed by atoms with van der Waals surface area (Å²) in [7, 11) is 0. The molecule has 0 unspecified atom stereocenters. The predicted octanol–water partition coefficient (Wildman–Crippen LogP) is 3.12. The number of aryl methyl sites for hydroxylation is 2. The molecule has 0 fully saturated rings. The van der Waals surface area contributed by atoms with Crippen LogP contribution in [0.1, 0.15) is 17.0 Å². The number of rotatable bonds is 4. The summed E-state index contributed by atoms with van der Waals surface area (Å²) in [4.78, 5) is 4.30. The number of oxazole rings is 1. The van der Waals surface area contributed by atoms with Gasteiger partial charge in [-0.2, -0.15) is 5.10 Å². The molecule has 2 aromatic heterocycles. The standard InChI is InChI=1S/C15H15N3O2S/c1-10-9-20-15(16-10)21-14-13(8-19)11(2)17-18(14)12-6-4-3-5-7-12/h3-7,9,19H,8H2,1-2H3. The van der Waals surface area contributed by atoms with Gasteiger partial charge in [0.25, 0.3) is 5.22 Å². The zero-order valence-corrected chi connectivity index (χ0v) is 12.6. The Morgan fingerprint density at radius 3 is 2.62 bits per heavy atom. The van der Waals surface area contributed by atoms with Gasteiger partial charge < -0.3 is 9.52 Å². The molecule has 0 spiro atoms. The molecule has 5 nitrogen and oxygen atoms in total. The Morgan fingerprint density at radius 2 is 2.00 bits per heavy atom. The Morgan fingerprint density at radius 1 is 1.24 bits per heavy atom. The number of hydrogen-bond donors (Lipinski definition) is 1. The lowest BCUT2D eigenvalue weighted by molar-refractivity contribution is 0.278. The molecule has 0 atom stereocenters. The van der Waals surface area contributed by atoms with Gasteiger partial charge in [-0.05, 0) is 37.7 Å². The second kappa shape index (κ2) is 5.75. The summed E-state index contributed by atoms with van der Waals surface area (Å²) in [6, 6.07) is 9.80. The van der Waals surface area contributed by atoms with Crippen molar-refractivity contribution in [3.63, 3.8) is 0 Å². The molecule has 1 N–H and O–H groups in total. The van der Waals surface area contributed by atoms with Crippen molar-refractivity contribution in [2.24, 2.45) is 0 Å². The van der Waals surface area contributed by atoms with Gasteiger partial charge in [0.05, 0.1) is 23.7 Å². The first kappa shape index (κ1) is 13.9. The predicted molar refractivity (Wildman–Crippen MR) is 79.6 cm³/mol. The molecular formula is C15H15N3O2S. The van der Waals surface area contributed by atoms with Crippen molar-refractivity contribution in [2.45, 2.75) is 30.7 Å². The minimum absolute atomic E-state index is 0.0688. The topological polar surface area (TPSA) is 64.1 Å². The van der Waals surface area contributed by atoms with Gasteiger partial charge in [-0.25, -0.2) is 9.67 Å². The third-order valence-electron chi connectivity index (χ3n) is 3.08. The molecular weight excluding hydrogens is 286 g/mol. The maximum Gasteiger partial charge on any atom is 0.262 e. The maximum atomic E-state index is 9.63. The van der Waals surface area contributed by atoms with Crippen LogP contribution >= 0.6 is 11.8 Å². The second-order valence-corrected chi connectivity index (χ2v) is 5.57. The van der Waals surface area contributed by atoms with Gasteiger partial charge in [0, 0.05) is 5.56 Å². The van der Waals surface area contributed by atoms with Gasteiger partial charge in [0.2, 0.25) is 0 Å². The first-order valence-electron chi connectivity index (χ1n) is 6.54. The van der Waals surface area contributed by atoms with Gasteiger partial charge >= 0.3 is 0 Å². The molecule has 3 rings (SSSR count). The van der Waals surface area contributed by atoms with E-state index in [0.717, 1.165) is 27.7 Å². The summed E-state index contributed by atoms with van der Waals surface area (Å²) in [5.74, 6) is 0. The van der Waals surface area contributed by atoms with E-state index >= 15 is 0 Å². The second-order valence-electron chi connectivity index (χ2n) is 4.63. The normalized spacial score (nSPS) is 11.0. The Hall–Kier alpha value is -2.05. The lowest BCUT2D eigenvalue weighted by atomic mass is 10.3. The summed E-state index contributed by atoms with van der Waals surface area (Å²) in [6.45, 7) is 3.69. The molecule has 6 heteroatoms. The highest BCUT2D eigenvalue weighted by atomic mass is 32.2. The van der Waals surface area contributed by atoms with E-state index in [2.05, 4.69) is 10.1 Å². The minimum atomic E-state index is -0.0688. The average Bonchev–Trinajstić information content (AvgIpc) is 3.04. The fraction of sp³-hybridized carbons (Fsp3) is 0.200. The summed E-state index contributed by atoms with van der Waals surface area (Å²) >= 11 is 1.36. The van der Waals surface area contributed by atoms with Gasteiger partial charge in [0.15, 0.2) is 0 Å². The summed E-state index contributed by atoms with van der Waals surface area (Å²) in [5, 5.41) is 15.5. The van der Waals surface area contributed by atoms with Crippen molar-refractivity contribution in [2.75, 3.05) is 0 Å². The van der Waals surface area contributed by atoms with Crippen molar-refractivity contribution in [1.82, 2.24) is 14.8 Å². The van der Waals surface area contributed by atoms with E-state index in [1.165, 1.54) is 11.8 Å². The largest absolute Gasteiger partial charge is 0.439 e. The van der Waals surface area contributed by atoms with Crippen LogP contribution in [-0.4, -0.2) is 19.9 Å². The highest BCUT2D eigenvalue weighted by Gasteiger charge is 2.19. The molecule has 0 amide bonds. The average molecular weight is 301 g/mol. The monoisotopic (exact) mass is 301 g/mol. The van der Waals surface area contributed by atoms with Crippen LogP contribution in [0.25, 0.3) is 5.69 Å². The van der Waals surface area contributed by atoms with Gasteiger partial charge in [-0.1, -0.05) is 18.2 Å². The van der Waals surface area contributed by atoms with E-state index in [1.54, 1.807) is 6.26 Å². The van der Waals surface area contributed by atoms with E-state index in [0.29, 0.717) is 5.22 Å². The molecule has 0 aliphatic rings. The fourth-order valence-corrected chi connectivity index (χ4v) is 3.05. The smallest absolute Gasteiger partial charge is 0.262 e. The van der Waals surface area contributed by atoms with E-state index in [4.69, 9.17) is 4.42 Å². The quantitative estimate of drug-likeness (QED) is 0.802. The van der Waals surface area contributed by atoms with Crippen molar-refractivity contribution >= 4 is 11.8 Å². The number of aliphatic hydroxyl groups excluding tert-OH is 1. The Kier molecular flexibility index (Phi) is 3.81. The summed E-state index contributed by atoms with van der Waals surface area (Å²) < 4.78 is 7.21. The molecule has 21 heavy (non-hydrogen) atoms. The molecule has 0 aliphatic heterocycles. The zero-order valence-electron chi connectivity index (χ0n) is 11.8. The van der Waals surface area contributed by atoms with Crippen LogP contribution in [0.15, 0.2) is 51.3 Å². The van der Waals surface area contributed by atoms with Gasteiger partial charge in [-0.15, -0.1) is 0 Å². The number of aliphatic hydroxyl groups is 1.